The number of carbonyl (C=O) groups is 2. The van der Waals surface area contributed by atoms with Gasteiger partial charge in [-0.2, -0.15) is 0 Å². The highest BCUT2D eigenvalue weighted by molar-refractivity contribution is 6.03. The lowest BCUT2D eigenvalue weighted by Crippen LogP contribution is -2.42. The third kappa shape index (κ3) is 4.19. The zero-order valence-electron chi connectivity index (χ0n) is 17.5. The number of rotatable bonds is 4. The van der Waals surface area contributed by atoms with Gasteiger partial charge in [0.15, 0.2) is 0 Å². The molecule has 1 saturated carbocycles. The maximum Gasteiger partial charge on any atom is 0.294 e. The standard InChI is InChI=1S/C23H27N5O3/c29-22(26-17-8-9-18-20(11-17)25-14-24-18)21-12-19(27-31-21)16-7-4-10-28(13-16)23(30)15-5-2-1-3-6-15/h8-9,11-12,14-16H,1-7,10,13H2,(H,24,25)(H,26,29)/t16-/m1/s1. The highest BCUT2D eigenvalue weighted by Gasteiger charge is 2.31. The third-order valence-electron chi connectivity index (χ3n) is 6.54. The van der Waals surface area contributed by atoms with Crippen LogP contribution in [0, 0.1) is 5.92 Å². The maximum absolute atomic E-state index is 12.9. The molecule has 8 heteroatoms. The van der Waals surface area contributed by atoms with Gasteiger partial charge in [0, 0.05) is 36.7 Å². The summed E-state index contributed by atoms with van der Waals surface area (Å²) in [5.74, 6) is 0.408. The molecule has 5 rings (SSSR count). The van der Waals surface area contributed by atoms with Gasteiger partial charge in [0.1, 0.15) is 0 Å². The van der Waals surface area contributed by atoms with Crippen molar-refractivity contribution in [1.82, 2.24) is 20.0 Å². The van der Waals surface area contributed by atoms with Gasteiger partial charge < -0.3 is 19.7 Å². The van der Waals surface area contributed by atoms with E-state index in [1.165, 1.54) is 6.42 Å². The van der Waals surface area contributed by atoms with Crippen LogP contribution in [-0.4, -0.2) is 44.9 Å². The zero-order chi connectivity index (χ0) is 21.2. The van der Waals surface area contributed by atoms with Gasteiger partial charge in [-0.15, -0.1) is 0 Å². The third-order valence-corrected chi connectivity index (χ3v) is 6.54. The van der Waals surface area contributed by atoms with Crippen LogP contribution >= 0.6 is 0 Å². The molecule has 8 nitrogen and oxygen atoms in total. The van der Waals surface area contributed by atoms with E-state index in [9.17, 15) is 9.59 Å². The first-order valence-electron chi connectivity index (χ1n) is 11.2. The van der Waals surface area contributed by atoms with Crippen LogP contribution in [-0.2, 0) is 4.79 Å². The van der Waals surface area contributed by atoms with E-state index in [1.807, 2.05) is 17.0 Å². The van der Waals surface area contributed by atoms with E-state index >= 15 is 0 Å². The summed E-state index contributed by atoms with van der Waals surface area (Å²) in [5.41, 5.74) is 3.09. The summed E-state index contributed by atoms with van der Waals surface area (Å²) in [6.45, 7) is 1.46. The molecule has 3 heterocycles. The topological polar surface area (TPSA) is 104 Å². The molecule has 2 fully saturated rings. The predicted octanol–water partition coefficient (Wildman–Crippen LogP) is 4.09. The van der Waals surface area contributed by atoms with Crippen molar-refractivity contribution in [3.63, 3.8) is 0 Å². The number of hydrogen-bond donors (Lipinski definition) is 2. The van der Waals surface area contributed by atoms with Crippen LogP contribution in [0.4, 0.5) is 5.69 Å². The van der Waals surface area contributed by atoms with Crippen molar-refractivity contribution in [1.29, 1.82) is 0 Å². The Morgan fingerprint density at radius 3 is 2.84 bits per heavy atom. The fraction of sp³-hybridized carbons (Fsp3) is 0.478. The maximum atomic E-state index is 12.9. The second-order valence-electron chi connectivity index (χ2n) is 8.66. The van der Waals surface area contributed by atoms with Crippen LogP contribution in [0.25, 0.3) is 11.0 Å². The number of benzene rings is 1. The Balaban J connectivity index is 1.23. The molecule has 1 saturated heterocycles. The Morgan fingerprint density at radius 1 is 1.10 bits per heavy atom. The second kappa shape index (κ2) is 8.53. The molecule has 1 aliphatic heterocycles. The Kier molecular flexibility index (Phi) is 5.44. The average molecular weight is 422 g/mol. The van der Waals surface area contributed by atoms with Gasteiger partial charge in [-0.25, -0.2) is 4.98 Å². The monoisotopic (exact) mass is 421 g/mol. The van der Waals surface area contributed by atoms with Crippen molar-refractivity contribution < 1.29 is 14.1 Å². The largest absolute Gasteiger partial charge is 0.351 e. The Bertz CT molecular complexity index is 1080. The number of anilines is 1. The zero-order valence-corrected chi connectivity index (χ0v) is 17.5. The van der Waals surface area contributed by atoms with Gasteiger partial charge in [0.2, 0.25) is 11.7 Å². The van der Waals surface area contributed by atoms with E-state index in [0.29, 0.717) is 18.1 Å². The van der Waals surface area contributed by atoms with Crippen LogP contribution in [0.2, 0.25) is 0 Å². The van der Waals surface area contributed by atoms with E-state index in [2.05, 4.69) is 20.4 Å². The summed E-state index contributed by atoms with van der Waals surface area (Å²) in [7, 11) is 0. The number of hydrogen-bond acceptors (Lipinski definition) is 5. The van der Waals surface area contributed by atoms with Crippen molar-refractivity contribution in [2.75, 3.05) is 18.4 Å². The van der Waals surface area contributed by atoms with Crippen LogP contribution in [0.15, 0.2) is 35.1 Å². The number of H-pyrrole nitrogens is 1. The lowest BCUT2D eigenvalue weighted by Gasteiger charge is -2.35. The molecule has 0 spiro atoms. The first-order chi connectivity index (χ1) is 15.2. The number of likely N-dealkylation sites (tertiary alicyclic amines) is 1. The summed E-state index contributed by atoms with van der Waals surface area (Å²) in [6.07, 6.45) is 9.08. The number of carbonyl (C=O) groups excluding carboxylic acids is 2. The molecule has 0 bridgehead atoms. The van der Waals surface area contributed by atoms with Crippen molar-refractivity contribution in [3.8, 4) is 0 Å². The molecule has 1 atom stereocenters. The molecule has 2 aromatic heterocycles. The number of piperidine rings is 1. The lowest BCUT2D eigenvalue weighted by atomic mass is 9.87. The molecule has 2 aliphatic rings. The molecule has 0 radical (unpaired) electrons. The van der Waals surface area contributed by atoms with Gasteiger partial charge in [-0.1, -0.05) is 24.4 Å². The van der Waals surface area contributed by atoms with E-state index in [1.54, 1.807) is 18.5 Å². The summed E-state index contributed by atoms with van der Waals surface area (Å²) in [4.78, 5) is 34.8. The van der Waals surface area contributed by atoms with Crippen LogP contribution in [0.5, 0.6) is 0 Å². The lowest BCUT2D eigenvalue weighted by molar-refractivity contribution is -0.137. The minimum absolute atomic E-state index is 0.105. The first kappa shape index (κ1) is 19.8. The number of fused-ring (bicyclic) bond motifs is 1. The van der Waals surface area contributed by atoms with Crippen LogP contribution in [0.3, 0.4) is 0 Å². The average Bonchev–Trinajstić information content (AvgIpc) is 3.49. The molecule has 1 aliphatic carbocycles. The van der Waals surface area contributed by atoms with Gasteiger partial charge in [0.05, 0.1) is 23.1 Å². The Hall–Kier alpha value is -3.16. The number of amides is 2. The number of nitrogens with one attached hydrogen (secondary N) is 2. The van der Waals surface area contributed by atoms with Crippen molar-refractivity contribution in [2.45, 2.75) is 50.9 Å². The molecule has 2 amide bonds. The van der Waals surface area contributed by atoms with E-state index < -0.39 is 0 Å². The smallest absolute Gasteiger partial charge is 0.294 e. The molecule has 31 heavy (non-hydrogen) atoms. The van der Waals surface area contributed by atoms with Gasteiger partial charge >= 0.3 is 0 Å². The number of nitrogens with zero attached hydrogens (tertiary/aromatic N) is 3. The molecule has 162 valence electrons. The van der Waals surface area contributed by atoms with Crippen molar-refractivity contribution in [2.24, 2.45) is 5.92 Å². The SMILES string of the molecule is O=C(Nc1ccc2nc[nH]c2c1)c1cc([C@@H]2CCCN(C(=O)C3CCCCC3)C2)no1. The number of imidazole rings is 1. The fourth-order valence-electron chi connectivity index (χ4n) is 4.82. The molecule has 2 N–H and O–H groups in total. The van der Waals surface area contributed by atoms with E-state index in [4.69, 9.17) is 4.52 Å². The van der Waals surface area contributed by atoms with Gasteiger partial charge in [-0.3, -0.25) is 9.59 Å². The van der Waals surface area contributed by atoms with E-state index in [0.717, 1.165) is 61.8 Å². The Morgan fingerprint density at radius 2 is 1.97 bits per heavy atom. The minimum Gasteiger partial charge on any atom is -0.351 e. The Labute approximate surface area is 180 Å². The summed E-state index contributed by atoms with van der Waals surface area (Å²) in [6, 6.07) is 7.18. The van der Waals surface area contributed by atoms with Crippen LogP contribution in [0.1, 0.15) is 67.1 Å². The van der Waals surface area contributed by atoms with Crippen molar-refractivity contribution >= 4 is 28.5 Å². The number of aromatic amines is 1. The number of aromatic nitrogens is 3. The summed E-state index contributed by atoms with van der Waals surface area (Å²) in [5, 5.41) is 7.00. The molecule has 3 aromatic rings. The molecular weight excluding hydrogens is 394 g/mol. The van der Waals surface area contributed by atoms with Crippen molar-refractivity contribution in [3.05, 3.63) is 42.0 Å². The van der Waals surface area contributed by atoms with Gasteiger partial charge in [0.25, 0.3) is 5.91 Å². The highest BCUT2D eigenvalue weighted by Crippen LogP contribution is 2.31. The van der Waals surface area contributed by atoms with Crippen LogP contribution < -0.4 is 5.32 Å². The highest BCUT2D eigenvalue weighted by atomic mass is 16.5. The first-order valence-corrected chi connectivity index (χ1v) is 11.2. The molecule has 1 aromatic carbocycles. The molecular formula is C23H27N5O3. The fourth-order valence-corrected chi connectivity index (χ4v) is 4.82. The van der Waals surface area contributed by atoms with E-state index in [-0.39, 0.29) is 23.5 Å². The normalized spacial score (nSPS) is 20.1. The molecule has 0 unspecified atom stereocenters. The quantitative estimate of drug-likeness (QED) is 0.660. The second-order valence-corrected chi connectivity index (χ2v) is 8.66. The summed E-state index contributed by atoms with van der Waals surface area (Å²) < 4.78 is 5.35. The van der Waals surface area contributed by atoms with Gasteiger partial charge in [-0.05, 0) is 43.9 Å². The minimum atomic E-state index is -0.344. The predicted molar refractivity (Wildman–Crippen MR) is 116 cm³/mol. The summed E-state index contributed by atoms with van der Waals surface area (Å²) >= 11 is 0.